The van der Waals surface area contributed by atoms with Gasteiger partial charge in [-0.05, 0) is 37.8 Å². The number of benzene rings is 1. The van der Waals surface area contributed by atoms with Crippen molar-refractivity contribution >= 4 is 5.91 Å². The molecule has 1 aromatic rings. The molecule has 1 unspecified atom stereocenters. The molecule has 1 aliphatic carbocycles. The Balaban J connectivity index is 1.77. The van der Waals surface area contributed by atoms with Crippen LogP contribution in [0.5, 0.6) is 11.5 Å². The normalized spacial score (nSPS) is 15.0. The molecular weight excluding hydrogens is 302 g/mol. The van der Waals surface area contributed by atoms with Gasteiger partial charge in [0.05, 0.1) is 0 Å². The molecule has 1 aliphatic rings. The number of hydrogen-bond acceptors (Lipinski definition) is 3. The van der Waals surface area contributed by atoms with Crippen LogP contribution >= 0.6 is 0 Å². The molecule has 1 aromatic carbocycles. The van der Waals surface area contributed by atoms with Gasteiger partial charge in [0.15, 0.2) is 6.10 Å². The van der Waals surface area contributed by atoms with E-state index in [1.165, 1.54) is 32.1 Å². The Morgan fingerprint density at radius 3 is 2.58 bits per heavy atom. The molecule has 24 heavy (non-hydrogen) atoms. The molecule has 1 amide bonds. The maximum Gasteiger partial charge on any atom is 0.261 e. The van der Waals surface area contributed by atoms with E-state index in [2.05, 4.69) is 12.2 Å². The van der Waals surface area contributed by atoms with Gasteiger partial charge in [-0.3, -0.25) is 4.79 Å². The molecule has 4 heteroatoms. The summed E-state index contributed by atoms with van der Waals surface area (Å²) in [6, 6.07) is 7.00. The Hall–Kier alpha value is -1.71. The van der Waals surface area contributed by atoms with Gasteiger partial charge < -0.3 is 15.2 Å². The summed E-state index contributed by atoms with van der Waals surface area (Å²) in [4.78, 5) is 12.4. The number of phenols is 1. The van der Waals surface area contributed by atoms with Crippen LogP contribution in [0.2, 0.25) is 0 Å². The number of ether oxygens (including phenoxy) is 1. The fraction of sp³-hybridized carbons (Fsp3) is 0.650. The number of nitrogens with one attached hydrogen (secondary N) is 1. The summed E-state index contributed by atoms with van der Waals surface area (Å²) < 4.78 is 5.86. The van der Waals surface area contributed by atoms with E-state index < -0.39 is 6.10 Å². The summed E-state index contributed by atoms with van der Waals surface area (Å²) in [6.45, 7) is 2.22. The fourth-order valence-electron chi connectivity index (χ4n) is 2.77. The van der Waals surface area contributed by atoms with Crippen molar-refractivity contribution in [1.29, 1.82) is 0 Å². The van der Waals surface area contributed by atoms with Gasteiger partial charge in [-0.1, -0.05) is 51.5 Å². The Labute approximate surface area is 145 Å². The molecule has 1 atom stereocenters. The third-order valence-corrected chi connectivity index (χ3v) is 4.38. The van der Waals surface area contributed by atoms with Gasteiger partial charge in [-0.15, -0.1) is 0 Å². The van der Waals surface area contributed by atoms with Crippen LogP contribution in [0.3, 0.4) is 0 Å². The monoisotopic (exact) mass is 333 g/mol. The Morgan fingerprint density at radius 1 is 1.21 bits per heavy atom. The first-order valence-electron chi connectivity index (χ1n) is 9.45. The average Bonchev–Trinajstić information content (AvgIpc) is 3.37. The van der Waals surface area contributed by atoms with Crippen molar-refractivity contribution in [1.82, 2.24) is 5.32 Å². The molecule has 2 N–H and O–H groups in total. The number of phenolic OH excluding ortho intramolecular Hbond substituents is 1. The lowest BCUT2D eigenvalue weighted by atomic mass is 10.1. The topological polar surface area (TPSA) is 58.6 Å². The minimum absolute atomic E-state index is 0.0215. The maximum atomic E-state index is 12.4. The maximum absolute atomic E-state index is 12.4. The summed E-state index contributed by atoms with van der Waals surface area (Å²) in [5.41, 5.74) is 0. The highest BCUT2D eigenvalue weighted by molar-refractivity contribution is 5.81. The minimum atomic E-state index is -0.469. The number of unbranched alkanes of at least 4 members (excludes halogenated alkanes) is 6. The van der Waals surface area contributed by atoms with E-state index in [-0.39, 0.29) is 11.7 Å². The third-order valence-electron chi connectivity index (χ3n) is 4.38. The second-order valence-electron chi connectivity index (χ2n) is 6.80. The van der Waals surface area contributed by atoms with Gasteiger partial charge in [0, 0.05) is 12.1 Å². The molecule has 2 rings (SSSR count). The highest BCUT2D eigenvalue weighted by Crippen LogP contribution is 2.23. The first kappa shape index (κ1) is 18.6. The lowest BCUT2D eigenvalue weighted by Crippen LogP contribution is -2.39. The molecule has 1 saturated carbocycles. The molecule has 4 nitrogen and oxygen atoms in total. The molecule has 0 radical (unpaired) electrons. The van der Waals surface area contributed by atoms with Crippen molar-refractivity contribution in [3.63, 3.8) is 0 Å². The number of carbonyl (C=O) groups is 1. The molecule has 0 bridgehead atoms. The van der Waals surface area contributed by atoms with Crippen molar-refractivity contribution in [3.05, 3.63) is 24.3 Å². The van der Waals surface area contributed by atoms with Crippen LogP contribution in [0.1, 0.15) is 71.1 Å². The lowest BCUT2D eigenvalue weighted by molar-refractivity contribution is -0.128. The van der Waals surface area contributed by atoms with E-state index in [0.29, 0.717) is 11.8 Å². The molecule has 0 aromatic heterocycles. The number of aromatic hydroxyl groups is 1. The molecule has 0 saturated heterocycles. The van der Waals surface area contributed by atoms with E-state index in [9.17, 15) is 9.90 Å². The van der Waals surface area contributed by atoms with Crippen LogP contribution < -0.4 is 10.1 Å². The average molecular weight is 333 g/mol. The van der Waals surface area contributed by atoms with E-state index >= 15 is 0 Å². The SMILES string of the molecule is CCCCCCCCCC(Oc1cccc(O)c1)C(=O)NC1CC1. The van der Waals surface area contributed by atoms with Gasteiger partial charge in [0.1, 0.15) is 11.5 Å². The largest absolute Gasteiger partial charge is 0.508 e. The second kappa shape index (κ2) is 10.2. The summed E-state index contributed by atoms with van der Waals surface area (Å²) in [6.07, 6.45) is 10.9. The van der Waals surface area contributed by atoms with E-state index in [1.54, 1.807) is 24.3 Å². The van der Waals surface area contributed by atoms with E-state index in [0.717, 1.165) is 32.1 Å². The van der Waals surface area contributed by atoms with Crippen molar-refractivity contribution in [3.8, 4) is 11.5 Å². The first-order chi connectivity index (χ1) is 11.7. The summed E-state index contributed by atoms with van der Waals surface area (Å²) in [5.74, 6) is 0.686. The van der Waals surface area contributed by atoms with Crippen LogP contribution in [0.4, 0.5) is 0 Å². The zero-order valence-electron chi connectivity index (χ0n) is 14.8. The molecule has 0 aliphatic heterocycles. The highest BCUT2D eigenvalue weighted by atomic mass is 16.5. The van der Waals surface area contributed by atoms with Crippen molar-refractivity contribution in [2.45, 2.75) is 83.3 Å². The minimum Gasteiger partial charge on any atom is -0.508 e. The number of amides is 1. The van der Waals surface area contributed by atoms with Crippen LogP contribution in [0.25, 0.3) is 0 Å². The zero-order chi connectivity index (χ0) is 17.2. The molecule has 134 valence electrons. The molecule has 0 heterocycles. The third kappa shape index (κ3) is 7.24. The molecule has 1 fully saturated rings. The van der Waals surface area contributed by atoms with E-state index in [1.807, 2.05) is 0 Å². The van der Waals surface area contributed by atoms with Crippen LogP contribution in [0.15, 0.2) is 24.3 Å². The number of hydrogen-bond donors (Lipinski definition) is 2. The van der Waals surface area contributed by atoms with Gasteiger partial charge in [-0.2, -0.15) is 0 Å². The predicted molar refractivity (Wildman–Crippen MR) is 96.3 cm³/mol. The molecular formula is C20H31NO3. The van der Waals surface area contributed by atoms with Gasteiger partial charge in [0.25, 0.3) is 5.91 Å². The smallest absolute Gasteiger partial charge is 0.261 e. The van der Waals surface area contributed by atoms with Crippen molar-refractivity contribution in [2.75, 3.05) is 0 Å². The summed E-state index contributed by atoms with van der Waals surface area (Å²) >= 11 is 0. The van der Waals surface area contributed by atoms with E-state index in [4.69, 9.17) is 4.74 Å². The second-order valence-corrected chi connectivity index (χ2v) is 6.80. The van der Waals surface area contributed by atoms with Crippen LogP contribution in [0, 0.1) is 0 Å². The van der Waals surface area contributed by atoms with Gasteiger partial charge in [-0.25, -0.2) is 0 Å². The zero-order valence-corrected chi connectivity index (χ0v) is 14.8. The lowest BCUT2D eigenvalue weighted by Gasteiger charge is -2.19. The van der Waals surface area contributed by atoms with Crippen LogP contribution in [-0.4, -0.2) is 23.2 Å². The van der Waals surface area contributed by atoms with Gasteiger partial charge in [0.2, 0.25) is 0 Å². The summed E-state index contributed by atoms with van der Waals surface area (Å²) in [7, 11) is 0. The Bertz CT molecular complexity index is 499. The Morgan fingerprint density at radius 2 is 1.92 bits per heavy atom. The Kier molecular flexibility index (Phi) is 7.93. The highest BCUT2D eigenvalue weighted by Gasteiger charge is 2.28. The summed E-state index contributed by atoms with van der Waals surface area (Å²) in [5, 5.41) is 12.6. The number of rotatable bonds is 12. The number of carbonyl (C=O) groups excluding carboxylic acids is 1. The van der Waals surface area contributed by atoms with Crippen molar-refractivity contribution < 1.29 is 14.6 Å². The fourth-order valence-corrected chi connectivity index (χ4v) is 2.77. The first-order valence-corrected chi connectivity index (χ1v) is 9.45. The molecule has 0 spiro atoms. The quantitative estimate of drug-likeness (QED) is 0.551. The van der Waals surface area contributed by atoms with Crippen molar-refractivity contribution in [2.24, 2.45) is 0 Å². The predicted octanol–water partition coefficient (Wildman–Crippen LogP) is 4.56. The standard InChI is InChI=1S/C20H31NO3/c1-2-3-4-5-6-7-8-12-19(20(23)21-16-13-14-16)24-18-11-9-10-17(22)15-18/h9-11,15-16,19,22H,2-8,12-14H2,1H3,(H,21,23). The van der Waals surface area contributed by atoms with Gasteiger partial charge >= 0.3 is 0 Å². The van der Waals surface area contributed by atoms with Crippen LogP contribution in [-0.2, 0) is 4.79 Å².